The molecule has 0 aromatic heterocycles. The van der Waals surface area contributed by atoms with Crippen molar-refractivity contribution < 1.29 is 14.9 Å². The van der Waals surface area contributed by atoms with Crippen molar-refractivity contribution in [1.82, 2.24) is 5.32 Å². The van der Waals surface area contributed by atoms with Crippen LogP contribution in [-0.4, -0.2) is 48.2 Å². The van der Waals surface area contributed by atoms with Crippen LogP contribution in [0.2, 0.25) is 0 Å². The van der Waals surface area contributed by atoms with Gasteiger partial charge in [-0.05, 0) is 26.2 Å². The van der Waals surface area contributed by atoms with E-state index in [4.69, 9.17) is 9.84 Å². The third kappa shape index (κ3) is 4.37. The van der Waals surface area contributed by atoms with Crippen LogP contribution in [-0.2, 0) is 4.74 Å². The van der Waals surface area contributed by atoms with Gasteiger partial charge in [0.2, 0.25) is 0 Å². The summed E-state index contributed by atoms with van der Waals surface area (Å²) in [5.41, 5.74) is -1.01. The molecule has 3 N–H and O–H groups in total. The quantitative estimate of drug-likeness (QED) is 0.596. The van der Waals surface area contributed by atoms with Crippen molar-refractivity contribution >= 4 is 0 Å². The van der Waals surface area contributed by atoms with E-state index >= 15 is 0 Å². The number of nitrogens with one attached hydrogen (secondary N) is 1. The van der Waals surface area contributed by atoms with Gasteiger partial charge in [0.1, 0.15) is 0 Å². The van der Waals surface area contributed by atoms with Crippen LogP contribution < -0.4 is 5.32 Å². The first-order chi connectivity index (χ1) is 6.64. The van der Waals surface area contributed by atoms with E-state index in [1.54, 1.807) is 6.92 Å². The SMILES string of the molecule is CC(O)(CO)CNC1CCCOCC1. The van der Waals surface area contributed by atoms with Crippen molar-refractivity contribution in [2.24, 2.45) is 0 Å². The van der Waals surface area contributed by atoms with Gasteiger partial charge < -0.3 is 20.3 Å². The maximum Gasteiger partial charge on any atom is 0.0972 e. The Hall–Kier alpha value is -0.160. The molecule has 1 aliphatic rings. The van der Waals surface area contributed by atoms with E-state index in [2.05, 4.69) is 5.32 Å². The van der Waals surface area contributed by atoms with E-state index in [0.29, 0.717) is 12.6 Å². The van der Waals surface area contributed by atoms with Crippen molar-refractivity contribution in [3.05, 3.63) is 0 Å². The van der Waals surface area contributed by atoms with Crippen molar-refractivity contribution in [1.29, 1.82) is 0 Å². The maximum atomic E-state index is 9.58. The molecule has 1 aliphatic heterocycles. The minimum Gasteiger partial charge on any atom is -0.393 e. The number of aliphatic hydroxyl groups excluding tert-OH is 1. The molecule has 2 unspecified atom stereocenters. The van der Waals surface area contributed by atoms with Gasteiger partial charge in [-0.3, -0.25) is 0 Å². The fourth-order valence-corrected chi connectivity index (χ4v) is 1.53. The minimum atomic E-state index is -1.01. The zero-order chi connectivity index (χ0) is 10.4. The lowest BCUT2D eigenvalue weighted by Crippen LogP contribution is -2.45. The predicted octanol–water partition coefficient (Wildman–Crippen LogP) is -0.112. The first kappa shape index (κ1) is 11.9. The lowest BCUT2D eigenvalue weighted by molar-refractivity contribution is 0.000280. The zero-order valence-corrected chi connectivity index (χ0v) is 8.83. The minimum absolute atomic E-state index is 0.205. The summed E-state index contributed by atoms with van der Waals surface area (Å²) < 4.78 is 5.33. The second-order valence-electron chi connectivity index (χ2n) is 4.28. The van der Waals surface area contributed by atoms with Gasteiger partial charge >= 0.3 is 0 Å². The Morgan fingerprint density at radius 3 is 2.93 bits per heavy atom. The average Bonchev–Trinajstić information content (AvgIpc) is 2.43. The molecule has 1 rings (SSSR count). The van der Waals surface area contributed by atoms with Crippen molar-refractivity contribution in [3.8, 4) is 0 Å². The Morgan fingerprint density at radius 2 is 2.21 bits per heavy atom. The molecule has 0 aromatic rings. The lowest BCUT2D eigenvalue weighted by atomic mass is 10.1. The number of hydrogen-bond acceptors (Lipinski definition) is 4. The van der Waals surface area contributed by atoms with Crippen LogP contribution in [0.3, 0.4) is 0 Å². The molecule has 1 heterocycles. The molecule has 4 heteroatoms. The molecule has 84 valence electrons. The Kier molecular flexibility index (Phi) is 4.81. The lowest BCUT2D eigenvalue weighted by Gasteiger charge is -2.24. The van der Waals surface area contributed by atoms with Crippen molar-refractivity contribution in [2.45, 2.75) is 37.8 Å². The molecular weight excluding hydrogens is 182 g/mol. The molecular formula is C10H21NO3. The van der Waals surface area contributed by atoms with Gasteiger partial charge in [-0.25, -0.2) is 0 Å². The topological polar surface area (TPSA) is 61.7 Å². The van der Waals surface area contributed by atoms with Gasteiger partial charge in [0.15, 0.2) is 0 Å². The summed E-state index contributed by atoms with van der Waals surface area (Å²) in [5.74, 6) is 0. The zero-order valence-electron chi connectivity index (χ0n) is 8.83. The highest BCUT2D eigenvalue weighted by Gasteiger charge is 2.21. The fourth-order valence-electron chi connectivity index (χ4n) is 1.53. The summed E-state index contributed by atoms with van der Waals surface area (Å²) in [4.78, 5) is 0. The molecule has 0 bridgehead atoms. The van der Waals surface area contributed by atoms with Crippen molar-refractivity contribution in [2.75, 3.05) is 26.4 Å². The van der Waals surface area contributed by atoms with Crippen molar-refractivity contribution in [3.63, 3.8) is 0 Å². The number of aliphatic hydroxyl groups is 2. The van der Waals surface area contributed by atoms with E-state index in [9.17, 15) is 5.11 Å². The summed E-state index contributed by atoms with van der Waals surface area (Å²) in [6.07, 6.45) is 3.14. The molecule has 1 fully saturated rings. The summed E-state index contributed by atoms with van der Waals surface area (Å²) in [6.45, 7) is 3.50. The molecule has 14 heavy (non-hydrogen) atoms. The fraction of sp³-hybridized carbons (Fsp3) is 1.00. The number of ether oxygens (including phenoxy) is 1. The smallest absolute Gasteiger partial charge is 0.0972 e. The highest BCUT2D eigenvalue weighted by molar-refractivity contribution is 4.78. The average molecular weight is 203 g/mol. The molecule has 0 radical (unpaired) electrons. The molecule has 0 saturated carbocycles. The van der Waals surface area contributed by atoms with Gasteiger partial charge in [0, 0.05) is 25.8 Å². The van der Waals surface area contributed by atoms with Gasteiger partial charge in [0.05, 0.1) is 12.2 Å². The summed E-state index contributed by atoms with van der Waals surface area (Å²) in [7, 11) is 0. The normalized spacial score (nSPS) is 28.1. The monoisotopic (exact) mass is 203 g/mol. The summed E-state index contributed by atoms with van der Waals surface area (Å²) in [6, 6.07) is 0.413. The molecule has 0 amide bonds. The third-order valence-corrected chi connectivity index (χ3v) is 2.56. The van der Waals surface area contributed by atoms with Crippen LogP contribution >= 0.6 is 0 Å². The number of rotatable bonds is 4. The van der Waals surface area contributed by atoms with Crippen LogP contribution in [0.1, 0.15) is 26.2 Å². The van der Waals surface area contributed by atoms with E-state index in [1.807, 2.05) is 0 Å². The van der Waals surface area contributed by atoms with E-state index in [1.165, 1.54) is 0 Å². The first-order valence-electron chi connectivity index (χ1n) is 5.28. The Labute approximate surface area is 85.3 Å². The van der Waals surface area contributed by atoms with Crippen LogP contribution in [0.4, 0.5) is 0 Å². The molecule has 1 saturated heterocycles. The molecule has 4 nitrogen and oxygen atoms in total. The van der Waals surface area contributed by atoms with Crippen LogP contribution in [0.15, 0.2) is 0 Å². The van der Waals surface area contributed by atoms with E-state index < -0.39 is 5.60 Å². The maximum absolute atomic E-state index is 9.58. The summed E-state index contributed by atoms with van der Waals surface area (Å²) >= 11 is 0. The van der Waals surface area contributed by atoms with Crippen LogP contribution in [0.25, 0.3) is 0 Å². The highest BCUT2D eigenvalue weighted by Crippen LogP contribution is 2.09. The third-order valence-electron chi connectivity index (χ3n) is 2.56. The number of hydrogen-bond donors (Lipinski definition) is 3. The van der Waals surface area contributed by atoms with Gasteiger partial charge in [-0.2, -0.15) is 0 Å². The summed E-state index contributed by atoms with van der Waals surface area (Å²) in [5, 5.41) is 21.7. The van der Waals surface area contributed by atoms with Gasteiger partial charge in [0.25, 0.3) is 0 Å². The highest BCUT2D eigenvalue weighted by atomic mass is 16.5. The Balaban J connectivity index is 2.22. The van der Waals surface area contributed by atoms with Crippen LogP contribution in [0, 0.1) is 0 Å². The van der Waals surface area contributed by atoms with Gasteiger partial charge in [-0.1, -0.05) is 0 Å². The van der Waals surface area contributed by atoms with E-state index in [-0.39, 0.29) is 6.61 Å². The van der Waals surface area contributed by atoms with Crippen LogP contribution in [0.5, 0.6) is 0 Å². The predicted molar refractivity (Wildman–Crippen MR) is 54.2 cm³/mol. The van der Waals surface area contributed by atoms with E-state index in [0.717, 1.165) is 32.5 Å². The standard InChI is InChI=1S/C10H21NO3/c1-10(13,8-12)7-11-9-3-2-5-14-6-4-9/h9,11-13H,2-8H2,1H3. The largest absolute Gasteiger partial charge is 0.393 e. The van der Waals surface area contributed by atoms with Gasteiger partial charge in [-0.15, -0.1) is 0 Å². The molecule has 0 spiro atoms. The second kappa shape index (κ2) is 5.66. The molecule has 2 atom stereocenters. The second-order valence-corrected chi connectivity index (χ2v) is 4.28. The Morgan fingerprint density at radius 1 is 1.43 bits per heavy atom. The first-order valence-corrected chi connectivity index (χ1v) is 5.28. The Bertz CT molecular complexity index is 153. The molecule has 0 aromatic carbocycles. The molecule has 0 aliphatic carbocycles.